The van der Waals surface area contributed by atoms with Crippen LogP contribution < -0.4 is 10.0 Å². The quantitative estimate of drug-likeness (QED) is 0.414. The largest absolute Gasteiger partial charge is 0.326 e. The summed E-state index contributed by atoms with van der Waals surface area (Å²) in [5.41, 5.74) is 2.85. The zero-order valence-corrected chi connectivity index (χ0v) is 22.4. The molecule has 0 fully saturated rings. The van der Waals surface area contributed by atoms with Crippen LogP contribution in [0.4, 0.5) is 5.69 Å². The van der Waals surface area contributed by atoms with Gasteiger partial charge in [0.15, 0.2) is 0 Å². The van der Waals surface area contributed by atoms with E-state index in [1.165, 1.54) is 38.4 Å². The van der Waals surface area contributed by atoms with Gasteiger partial charge >= 0.3 is 0 Å². The summed E-state index contributed by atoms with van der Waals surface area (Å²) in [5.74, 6) is -0.271. The van der Waals surface area contributed by atoms with E-state index in [1.54, 1.807) is 32.0 Å². The van der Waals surface area contributed by atoms with Crippen molar-refractivity contribution < 1.29 is 21.6 Å². The van der Waals surface area contributed by atoms with E-state index >= 15 is 0 Å². The highest BCUT2D eigenvalue weighted by molar-refractivity contribution is 7.89. The highest BCUT2D eigenvalue weighted by Crippen LogP contribution is 2.23. The van der Waals surface area contributed by atoms with E-state index in [1.807, 2.05) is 30.3 Å². The first-order valence-electron chi connectivity index (χ1n) is 11.4. The number of hydrogen-bond acceptors (Lipinski definition) is 5. The van der Waals surface area contributed by atoms with E-state index in [4.69, 9.17) is 0 Å². The summed E-state index contributed by atoms with van der Waals surface area (Å²) >= 11 is 0. The average Bonchev–Trinajstić information content (AvgIpc) is 2.84. The van der Waals surface area contributed by atoms with Gasteiger partial charge in [0.05, 0.1) is 9.79 Å². The lowest BCUT2D eigenvalue weighted by Gasteiger charge is -2.15. The zero-order chi connectivity index (χ0) is 26.5. The van der Waals surface area contributed by atoms with Crippen LogP contribution in [-0.4, -0.2) is 41.1 Å². The first-order valence-corrected chi connectivity index (χ1v) is 14.3. The van der Waals surface area contributed by atoms with Crippen molar-refractivity contribution in [2.24, 2.45) is 0 Å². The molecular formula is C26H31N3O5S2. The molecule has 0 aliphatic rings. The lowest BCUT2D eigenvalue weighted by molar-refractivity contribution is -0.116. The molecule has 1 amide bonds. The Hall–Kier alpha value is -3.05. The van der Waals surface area contributed by atoms with Crippen molar-refractivity contribution in [2.75, 3.05) is 19.4 Å². The van der Waals surface area contributed by atoms with Crippen LogP contribution in [0.25, 0.3) is 0 Å². The number of sulfonamides is 2. The van der Waals surface area contributed by atoms with Gasteiger partial charge in [-0.05, 0) is 61.2 Å². The van der Waals surface area contributed by atoms with Crippen LogP contribution >= 0.6 is 0 Å². The van der Waals surface area contributed by atoms with Crippen LogP contribution in [0, 0.1) is 6.92 Å². The van der Waals surface area contributed by atoms with Gasteiger partial charge in [0.1, 0.15) is 0 Å². The van der Waals surface area contributed by atoms with Crippen molar-refractivity contribution in [3.8, 4) is 0 Å². The molecular weight excluding hydrogens is 498 g/mol. The second-order valence-corrected chi connectivity index (χ2v) is 12.6. The topological polar surface area (TPSA) is 113 Å². The lowest BCUT2D eigenvalue weighted by Crippen LogP contribution is -2.26. The van der Waals surface area contributed by atoms with Crippen molar-refractivity contribution in [1.29, 1.82) is 0 Å². The van der Waals surface area contributed by atoms with Gasteiger partial charge in [-0.2, -0.15) is 0 Å². The number of carbonyl (C=O) groups excluding carboxylic acids is 1. The summed E-state index contributed by atoms with van der Waals surface area (Å²) in [6.07, 6.45) is 0.550. The summed E-state index contributed by atoms with van der Waals surface area (Å²) in [5, 5.41) is 2.78. The highest BCUT2D eigenvalue weighted by Gasteiger charge is 2.20. The Kier molecular flexibility index (Phi) is 8.67. The molecule has 0 radical (unpaired) electrons. The van der Waals surface area contributed by atoms with Gasteiger partial charge in [-0.1, -0.05) is 48.5 Å². The van der Waals surface area contributed by atoms with E-state index in [9.17, 15) is 21.6 Å². The molecule has 0 aliphatic heterocycles. The summed E-state index contributed by atoms with van der Waals surface area (Å²) in [6.45, 7) is 3.57. The second-order valence-electron chi connectivity index (χ2n) is 8.71. The molecule has 192 valence electrons. The van der Waals surface area contributed by atoms with Crippen molar-refractivity contribution in [2.45, 2.75) is 42.5 Å². The smallest absolute Gasteiger partial charge is 0.242 e. The molecule has 0 aliphatic carbocycles. The van der Waals surface area contributed by atoms with Crippen LogP contribution in [0.3, 0.4) is 0 Å². The summed E-state index contributed by atoms with van der Waals surface area (Å²) in [6, 6.07) is 19.9. The fraction of sp³-hybridized carbons (Fsp3) is 0.269. The molecule has 3 aromatic carbocycles. The first kappa shape index (κ1) is 27.5. The van der Waals surface area contributed by atoms with Crippen molar-refractivity contribution in [3.63, 3.8) is 0 Å². The van der Waals surface area contributed by atoms with Crippen LogP contribution in [0.5, 0.6) is 0 Å². The Morgan fingerprint density at radius 3 is 2.11 bits per heavy atom. The molecule has 3 rings (SSSR count). The van der Waals surface area contributed by atoms with Crippen LogP contribution in [0.15, 0.2) is 82.6 Å². The molecule has 0 aromatic heterocycles. The predicted molar refractivity (Wildman–Crippen MR) is 141 cm³/mol. The number of rotatable bonds is 10. The fourth-order valence-electron chi connectivity index (χ4n) is 3.52. The number of amides is 1. The van der Waals surface area contributed by atoms with Gasteiger partial charge in [-0.25, -0.2) is 25.9 Å². The molecule has 8 nitrogen and oxygen atoms in total. The molecule has 0 heterocycles. The minimum absolute atomic E-state index is 0.0976. The van der Waals surface area contributed by atoms with Gasteiger partial charge < -0.3 is 5.32 Å². The Morgan fingerprint density at radius 2 is 1.50 bits per heavy atom. The molecule has 0 bridgehead atoms. The van der Waals surface area contributed by atoms with Gasteiger partial charge in [0.2, 0.25) is 26.0 Å². The Bertz CT molecular complexity index is 1420. The molecule has 0 spiro atoms. The fourth-order valence-corrected chi connectivity index (χ4v) is 5.68. The zero-order valence-electron chi connectivity index (χ0n) is 20.7. The maximum absolute atomic E-state index is 12.7. The summed E-state index contributed by atoms with van der Waals surface area (Å²) in [4.78, 5) is 12.8. The van der Waals surface area contributed by atoms with E-state index in [0.717, 1.165) is 21.0 Å². The third kappa shape index (κ3) is 6.79. The Balaban J connectivity index is 1.61. The molecule has 1 unspecified atom stereocenters. The number of nitrogens with one attached hydrogen (secondary N) is 2. The number of carbonyl (C=O) groups is 1. The highest BCUT2D eigenvalue weighted by atomic mass is 32.2. The van der Waals surface area contributed by atoms with Crippen LogP contribution in [0.2, 0.25) is 0 Å². The lowest BCUT2D eigenvalue weighted by atomic mass is 10.1. The third-order valence-electron chi connectivity index (χ3n) is 5.77. The summed E-state index contributed by atoms with van der Waals surface area (Å²) in [7, 11) is -4.43. The van der Waals surface area contributed by atoms with Gasteiger partial charge in [-0.15, -0.1) is 0 Å². The molecule has 3 aromatic rings. The SMILES string of the molecule is Cc1ccc(S(=O)(=O)N(C)C)cc1NC(=O)CCc1ccc(S(=O)(=O)NC(C)c2ccccc2)cc1. The van der Waals surface area contributed by atoms with E-state index in [-0.39, 0.29) is 28.2 Å². The van der Waals surface area contributed by atoms with E-state index < -0.39 is 20.0 Å². The molecule has 36 heavy (non-hydrogen) atoms. The minimum atomic E-state index is -3.71. The monoisotopic (exact) mass is 529 g/mol. The number of anilines is 1. The van der Waals surface area contributed by atoms with Gasteiger partial charge in [0, 0.05) is 32.2 Å². The minimum Gasteiger partial charge on any atom is -0.326 e. The molecule has 0 saturated heterocycles. The number of hydrogen-bond donors (Lipinski definition) is 2. The third-order valence-corrected chi connectivity index (χ3v) is 9.14. The molecule has 0 saturated carbocycles. The van der Waals surface area contributed by atoms with Crippen molar-refractivity contribution in [1.82, 2.24) is 9.03 Å². The predicted octanol–water partition coefficient (Wildman–Crippen LogP) is 3.86. The standard InChI is InChI=1S/C26H31N3O5S2/c1-19-10-14-24(36(33,34)29(3)4)18-25(19)27-26(30)17-13-21-11-15-23(16-12-21)35(31,32)28-20(2)22-8-6-5-7-9-22/h5-12,14-16,18,20,28H,13,17H2,1-4H3,(H,27,30). The maximum atomic E-state index is 12.7. The number of aryl methyl sites for hydroxylation is 2. The van der Waals surface area contributed by atoms with E-state index in [2.05, 4.69) is 10.0 Å². The van der Waals surface area contributed by atoms with Crippen molar-refractivity contribution in [3.05, 3.63) is 89.5 Å². The maximum Gasteiger partial charge on any atom is 0.242 e. The van der Waals surface area contributed by atoms with Gasteiger partial charge in [0.25, 0.3) is 0 Å². The Morgan fingerprint density at radius 1 is 0.889 bits per heavy atom. The molecule has 2 N–H and O–H groups in total. The number of nitrogens with zero attached hydrogens (tertiary/aromatic N) is 1. The average molecular weight is 530 g/mol. The Labute approximate surface area is 213 Å². The van der Waals surface area contributed by atoms with Crippen LogP contribution in [0.1, 0.15) is 36.1 Å². The summed E-state index contributed by atoms with van der Waals surface area (Å²) < 4.78 is 54.1. The van der Waals surface area contributed by atoms with Crippen molar-refractivity contribution >= 4 is 31.6 Å². The molecule has 10 heteroatoms. The first-order chi connectivity index (χ1) is 16.9. The van der Waals surface area contributed by atoms with Gasteiger partial charge in [-0.3, -0.25) is 4.79 Å². The second kappa shape index (κ2) is 11.3. The van der Waals surface area contributed by atoms with Crippen LogP contribution in [-0.2, 0) is 31.3 Å². The normalized spacial score (nSPS) is 12.9. The number of benzene rings is 3. The molecule has 1 atom stereocenters. The van der Waals surface area contributed by atoms with E-state index in [0.29, 0.717) is 12.1 Å².